The molecule has 0 amide bonds. The summed E-state index contributed by atoms with van der Waals surface area (Å²) in [7, 11) is 0. The third-order valence-corrected chi connectivity index (χ3v) is 3.40. The highest BCUT2D eigenvalue weighted by molar-refractivity contribution is 5.49. The van der Waals surface area contributed by atoms with Gasteiger partial charge in [-0.3, -0.25) is 0 Å². The van der Waals surface area contributed by atoms with E-state index >= 15 is 0 Å². The van der Waals surface area contributed by atoms with Crippen molar-refractivity contribution in [1.82, 2.24) is 15.3 Å². The molecule has 5 nitrogen and oxygen atoms in total. The van der Waals surface area contributed by atoms with E-state index in [2.05, 4.69) is 33.2 Å². The van der Waals surface area contributed by atoms with E-state index in [0.717, 1.165) is 32.0 Å². The fourth-order valence-corrected chi connectivity index (χ4v) is 2.38. The molecule has 1 saturated heterocycles. The summed E-state index contributed by atoms with van der Waals surface area (Å²) in [6.45, 7) is 6.10. The number of hydrogen-bond acceptors (Lipinski definition) is 5. The van der Waals surface area contributed by atoms with E-state index in [-0.39, 0.29) is 0 Å². The molecule has 1 N–H and O–H groups in total. The Morgan fingerprint density at radius 1 is 1.39 bits per heavy atom. The van der Waals surface area contributed by atoms with Crippen molar-refractivity contribution in [2.75, 3.05) is 31.1 Å². The lowest BCUT2D eigenvalue weighted by molar-refractivity contribution is 0.374. The Labute approximate surface area is 108 Å². The molecule has 1 fully saturated rings. The van der Waals surface area contributed by atoms with Crippen LogP contribution in [0.2, 0.25) is 0 Å². The topological polar surface area (TPSA) is 64.8 Å². The Morgan fingerprint density at radius 2 is 2.11 bits per heavy atom. The standard InChI is InChI=1S/C13H19N5/c1-2-18(10-11-3-5-15-6-4-11)13-12(9-14)16-7-8-17-13/h7-8,11,15H,2-6,10H2,1H3. The Bertz CT molecular complexity index is 420. The summed E-state index contributed by atoms with van der Waals surface area (Å²) >= 11 is 0. The average molecular weight is 245 g/mol. The van der Waals surface area contributed by atoms with Crippen LogP contribution in [0.25, 0.3) is 0 Å². The van der Waals surface area contributed by atoms with Crippen LogP contribution >= 0.6 is 0 Å². The molecule has 2 heterocycles. The zero-order valence-electron chi connectivity index (χ0n) is 10.8. The van der Waals surface area contributed by atoms with E-state index in [1.807, 2.05) is 0 Å². The quantitative estimate of drug-likeness (QED) is 0.862. The van der Waals surface area contributed by atoms with Gasteiger partial charge in [-0.25, -0.2) is 9.97 Å². The third kappa shape index (κ3) is 2.96. The van der Waals surface area contributed by atoms with Gasteiger partial charge in [0.2, 0.25) is 0 Å². The highest BCUT2D eigenvalue weighted by atomic mass is 15.2. The normalized spacial score (nSPS) is 16.2. The SMILES string of the molecule is CCN(CC1CCNCC1)c1nccnc1C#N. The molecule has 0 aliphatic carbocycles. The summed E-state index contributed by atoms with van der Waals surface area (Å²) in [5, 5.41) is 12.4. The molecule has 1 aliphatic rings. The predicted molar refractivity (Wildman–Crippen MR) is 70.2 cm³/mol. The van der Waals surface area contributed by atoms with Crippen molar-refractivity contribution in [1.29, 1.82) is 5.26 Å². The molecule has 5 heteroatoms. The summed E-state index contributed by atoms with van der Waals surface area (Å²) in [5.41, 5.74) is 0.424. The lowest BCUT2D eigenvalue weighted by Gasteiger charge is -2.30. The summed E-state index contributed by atoms with van der Waals surface area (Å²) in [6.07, 6.45) is 5.61. The number of nitrogens with one attached hydrogen (secondary N) is 1. The number of aromatic nitrogens is 2. The predicted octanol–water partition coefficient (Wildman–Crippen LogP) is 1.17. The molecule has 0 radical (unpaired) electrons. The smallest absolute Gasteiger partial charge is 0.183 e. The molecule has 0 spiro atoms. The van der Waals surface area contributed by atoms with Gasteiger partial charge in [-0.1, -0.05) is 0 Å². The molecule has 1 aromatic rings. The van der Waals surface area contributed by atoms with Crippen LogP contribution in [0.1, 0.15) is 25.5 Å². The highest BCUT2D eigenvalue weighted by Crippen LogP contribution is 2.19. The fraction of sp³-hybridized carbons (Fsp3) is 0.615. The number of piperidine rings is 1. The molecule has 96 valence electrons. The summed E-state index contributed by atoms with van der Waals surface area (Å²) in [4.78, 5) is 10.6. The number of nitriles is 1. The van der Waals surface area contributed by atoms with Crippen molar-refractivity contribution in [2.24, 2.45) is 5.92 Å². The zero-order chi connectivity index (χ0) is 12.8. The van der Waals surface area contributed by atoms with E-state index in [1.54, 1.807) is 12.4 Å². The zero-order valence-corrected chi connectivity index (χ0v) is 10.8. The first kappa shape index (κ1) is 12.8. The summed E-state index contributed by atoms with van der Waals surface area (Å²) in [6, 6.07) is 2.12. The van der Waals surface area contributed by atoms with Gasteiger partial charge in [0.1, 0.15) is 6.07 Å². The first-order valence-electron chi connectivity index (χ1n) is 6.52. The second kappa shape index (κ2) is 6.31. The number of anilines is 1. The molecule has 0 aromatic carbocycles. The van der Waals surface area contributed by atoms with Crippen molar-refractivity contribution in [3.05, 3.63) is 18.1 Å². The minimum atomic E-state index is 0.424. The van der Waals surface area contributed by atoms with Crippen LogP contribution in [-0.4, -0.2) is 36.1 Å². The molecule has 1 aliphatic heterocycles. The number of hydrogen-bond donors (Lipinski definition) is 1. The second-order valence-corrected chi connectivity index (χ2v) is 4.57. The maximum Gasteiger partial charge on any atom is 0.183 e. The average Bonchev–Trinajstić information content (AvgIpc) is 2.46. The van der Waals surface area contributed by atoms with Gasteiger partial charge in [0.05, 0.1) is 0 Å². The Morgan fingerprint density at radius 3 is 2.78 bits per heavy atom. The summed E-state index contributed by atoms with van der Waals surface area (Å²) in [5.74, 6) is 1.40. The van der Waals surface area contributed by atoms with Crippen molar-refractivity contribution in [3.8, 4) is 6.07 Å². The molecule has 0 saturated carbocycles. The van der Waals surface area contributed by atoms with Crippen molar-refractivity contribution in [2.45, 2.75) is 19.8 Å². The molecular formula is C13H19N5. The molecule has 2 rings (SSSR count). The van der Waals surface area contributed by atoms with Crippen LogP contribution in [0.5, 0.6) is 0 Å². The van der Waals surface area contributed by atoms with Gasteiger partial charge in [-0.05, 0) is 38.8 Å². The van der Waals surface area contributed by atoms with Crippen LogP contribution in [0, 0.1) is 17.2 Å². The van der Waals surface area contributed by atoms with Crippen LogP contribution in [-0.2, 0) is 0 Å². The van der Waals surface area contributed by atoms with Gasteiger partial charge < -0.3 is 10.2 Å². The first-order chi connectivity index (χ1) is 8.85. The Balaban J connectivity index is 2.10. The highest BCUT2D eigenvalue weighted by Gasteiger charge is 2.19. The minimum absolute atomic E-state index is 0.424. The first-order valence-corrected chi connectivity index (χ1v) is 6.52. The van der Waals surface area contributed by atoms with E-state index in [9.17, 15) is 0 Å². The van der Waals surface area contributed by atoms with Crippen LogP contribution in [0.4, 0.5) is 5.82 Å². The van der Waals surface area contributed by atoms with Gasteiger partial charge in [-0.15, -0.1) is 0 Å². The largest absolute Gasteiger partial charge is 0.354 e. The van der Waals surface area contributed by atoms with Gasteiger partial charge in [0, 0.05) is 25.5 Å². The maximum absolute atomic E-state index is 9.08. The molecular weight excluding hydrogens is 226 g/mol. The van der Waals surface area contributed by atoms with E-state index in [4.69, 9.17) is 5.26 Å². The van der Waals surface area contributed by atoms with Crippen molar-refractivity contribution >= 4 is 5.82 Å². The minimum Gasteiger partial charge on any atom is -0.354 e. The van der Waals surface area contributed by atoms with Gasteiger partial charge in [0.25, 0.3) is 0 Å². The second-order valence-electron chi connectivity index (χ2n) is 4.57. The van der Waals surface area contributed by atoms with Gasteiger partial charge in [-0.2, -0.15) is 5.26 Å². The fourth-order valence-electron chi connectivity index (χ4n) is 2.38. The van der Waals surface area contributed by atoms with Crippen molar-refractivity contribution in [3.63, 3.8) is 0 Å². The van der Waals surface area contributed by atoms with E-state index in [0.29, 0.717) is 11.6 Å². The molecule has 1 aromatic heterocycles. The number of nitrogens with zero attached hydrogens (tertiary/aromatic N) is 4. The van der Waals surface area contributed by atoms with Crippen LogP contribution in [0.3, 0.4) is 0 Å². The van der Waals surface area contributed by atoms with Gasteiger partial charge >= 0.3 is 0 Å². The number of rotatable bonds is 4. The molecule has 0 unspecified atom stereocenters. The lowest BCUT2D eigenvalue weighted by atomic mass is 9.97. The van der Waals surface area contributed by atoms with E-state index < -0.39 is 0 Å². The van der Waals surface area contributed by atoms with Crippen LogP contribution < -0.4 is 10.2 Å². The van der Waals surface area contributed by atoms with Crippen LogP contribution in [0.15, 0.2) is 12.4 Å². The summed E-state index contributed by atoms with van der Waals surface area (Å²) < 4.78 is 0. The van der Waals surface area contributed by atoms with Gasteiger partial charge in [0.15, 0.2) is 11.5 Å². The maximum atomic E-state index is 9.08. The Hall–Kier alpha value is -1.67. The molecule has 0 atom stereocenters. The lowest BCUT2D eigenvalue weighted by Crippen LogP contribution is -2.37. The third-order valence-electron chi connectivity index (χ3n) is 3.40. The molecule has 0 bridgehead atoms. The molecule has 18 heavy (non-hydrogen) atoms. The van der Waals surface area contributed by atoms with E-state index in [1.165, 1.54) is 12.8 Å². The Kier molecular flexibility index (Phi) is 4.48. The van der Waals surface area contributed by atoms with Crippen molar-refractivity contribution < 1.29 is 0 Å². The monoisotopic (exact) mass is 245 g/mol.